The standard InChI is InChI=1S/C27H27N5O4S/c1-3-4-7-19-10-12-20(13-11-19)26-28-30-32(29-26)22-14-16-23(17-15-22)37(34,35)31-24-9-6-5-8-21(24)18-25(31)27(33)36-2/h5-6,8-17,25H,3-4,7,18H2,1-2H3. The number of sulfonamides is 1. The van der Waals surface area contributed by atoms with Crippen LogP contribution in [0.3, 0.4) is 0 Å². The lowest BCUT2D eigenvalue weighted by Crippen LogP contribution is -2.43. The molecule has 0 N–H and O–H groups in total. The van der Waals surface area contributed by atoms with Crippen molar-refractivity contribution in [2.24, 2.45) is 0 Å². The van der Waals surface area contributed by atoms with Crippen LogP contribution in [0.5, 0.6) is 0 Å². The fraction of sp³-hybridized carbons (Fsp3) is 0.259. The molecule has 1 aromatic heterocycles. The average molecular weight is 518 g/mol. The molecule has 1 aliphatic heterocycles. The number of tetrazole rings is 1. The molecule has 2 heterocycles. The minimum atomic E-state index is -4.04. The number of aromatic nitrogens is 4. The van der Waals surface area contributed by atoms with E-state index in [4.69, 9.17) is 4.74 Å². The summed E-state index contributed by atoms with van der Waals surface area (Å²) >= 11 is 0. The number of rotatable bonds is 8. The fourth-order valence-corrected chi connectivity index (χ4v) is 6.12. The Kier molecular flexibility index (Phi) is 6.75. The Labute approximate surface area is 215 Å². The van der Waals surface area contributed by atoms with E-state index >= 15 is 0 Å². The van der Waals surface area contributed by atoms with Gasteiger partial charge in [0.2, 0.25) is 5.82 Å². The summed E-state index contributed by atoms with van der Waals surface area (Å²) < 4.78 is 33.3. The molecule has 0 aliphatic carbocycles. The number of esters is 1. The van der Waals surface area contributed by atoms with Gasteiger partial charge in [0.15, 0.2) is 0 Å². The predicted octanol–water partition coefficient (Wildman–Crippen LogP) is 3.96. The first kappa shape index (κ1) is 24.6. The molecule has 190 valence electrons. The van der Waals surface area contributed by atoms with E-state index in [0.717, 1.165) is 34.7 Å². The van der Waals surface area contributed by atoms with Crippen LogP contribution in [0.25, 0.3) is 17.1 Å². The monoisotopic (exact) mass is 517 g/mol. The highest BCUT2D eigenvalue weighted by atomic mass is 32.2. The highest BCUT2D eigenvalue weighted by Crippen LogP contribution is 2.37. The lowest BCUT2D eigenvalue weighted by atomic mass is 10.1. The number of para-hydroxylation sites is 1. The normalized spacial score (nSPS) is 15.0. The van der Waals surface area contributed by atoms with Crippen molar-refractivity contribution in [3.63, 3.8) is 0 Å². The Balaban J connectivity index is 1.39. The van der Waals surface area contributed by atoms with Gasteiger partial charge in [0.25, 0.3) is 10.0 Å². The summed E-state index contributed by atoms with van der Waals surface area (Å²) in [5.41, 5.74) is 3.93. The number of unbranched alkanes of at least 4 members (excludes halogenated alkanes) is 1. The smallest absolute Gasteiger partial charge is 0.330 e. The van der Waals surface area contributed by atoms with Crippen molar-refractivity contribution in [1.29, 1.82) is 0 Å². The van der Waals surface area contributed by atoms with Crippen LogP contribution in [0, 0.1) is 0 Å². The van der Waals surface area contributed by atoms with E-state index in [1.807, 2.05) is 24.3 Å². The van der Waals surface area contributed by atoms with Gasteiger partial charge < -0.3 is 4.74 Å². The predicted molar refractivity (Wildman–Crippen MR) is 139 cm³/mol. The van der Waals surface area contributed by atoms with Crippen LogP contribution < -0.4 is 4.31 Å². The van der Waals surface area contributed by atoms with Gasteiger partial charge in [0, 0.05) is 12.0 Å². The zero-order valence-electron chi connectivity index (χ0n) is 20.6. The number of nitrogens with zero attached hydrogens (tertiary/aromatic N) is 5. The van der Waals surface area contributed by atoms with Crippen LogP contribution in [-0.2, 0) is 32.4 Å². The Hall–Kier alpha value is -4.05. The largest absolute Gasteiger partial charge is 0.467 e. The summed E-state index contributed by atoms with van der Waals surface area (Å²) in [5, 5.41) is 12.8. The molecule has 0 spiro atoms. The number of methoxy groups -OCH3 is 1. The highest BCUT2D eigenvalue weighted by Gasteiger charge is 2.42. The Morgan fingerprint density at radius 1 is 1.03 bits per heavy atom. The molecule has 9 nitrogen and oxygen atoms in total. The maximum Gasteiger partial charge on any atom is 0.330 e. The highest BCUT2D eigenvalue weighted by molar-refractivity contribution is 7.93. The van der Waals surface area contributed by atoms with Crippen LogP contribution in [-0.4, -0.2) is 47.7 Å². The number of hydrogen-bond donors (Lipinski definition) is 0. The summed E-state index contributed by atoms with van der Waals surface area (Å²) in [6.45, 7) is 2.17. The summed E-state index contributed by atoms with van der Waals surface area (Å²) in [5.74, 6) is -0.123. The second-order valence-corrected chi connectivity index (χ2v) is 10.7. The number of carbonyl (C=O) groups is 1. The van der Waals surface area contributed by atoms with Gasteiger partial charge in [0.05, 0.1) is 23.4 Å². The summed E-state index contributed by atoms with van der Waals surface area (Å²) in [7, 11) is -2.78. The molecule has 0 radical (unpaired) electrons. The van der Waals surface area contributed by atoms with E-state index in [1.54, 1.807) is 24.3 Å². The molecule has 5 rings (SSSR count). The minimum Gasteiger partial charge on any atom is -0.467 e. The van der Waals surface area contributed by atoms with Gasteiger partial charge in [-0.05, 0) is 59.5 Å². The second-order valence-electron chi connectivity index (χ2n) is 8.87. The number of carbonyl (C=O) groups excluding carboxylic acids is 1. The van der Waals surface area contributed by atoms with Crippen LogP contribution in [0.2, 0.25) is 0 Å². The van der Waals surface area contributed by atoms with Crippen molar-refractivity contribution in [1.82, 2.24) is 20.2 Å². The SMILES string of the molecule is CCCCc1ccc(-c2nnn(-c3ccc(S(=O)(=O)N4c5ccccc5CC4C(=O)OC)cc3)n2)cc1. The Morgan fingerprint density at radius 3 is 2.46 bits per heavy atom. The molecule has 37 heavy (non-hydrogen) atoms. The maximum atomic E-state index is 13.6. The zero-order valence-corrected chi connectivity index (χ0v) is 21.4. The minimum absolute atomic E-state index is 0.0462. The maximum absolute atomic E-state index is 13.6. The third-order valence-corrected chi connectivity index (χ3v) is 8.30. The zero-order chi connectivity index (χ0) is 26.0. The van der Waals surface area contributed by atoms with E-state index in [1.165, 1.54) is 29.6 Å². The molecule has 0 bridgehead atoms. The van der Waals surface area contributed by atoms with Crippen LogP contribution in [0.1, 0.15) is 30.9 Å². The third kappa shape index (κ3) is 4.72. The lowest BCUT2D eigenvalue weighted by molar-refractivity contribution is -0.141. The van der Waals surface area contributed by atoms with E-state index in [-0.39, 0.29) is 11.3 Å². The molecule has 0 fully saturated rings. The molecule has 0 saturated carbocycles. The topological polar surface area (TPSA) is 107 Å². The van der Waals surface area contributed by atoms with E-state index in [9.17, 15) is 13.2 Å². The van der Waals surface area contributed by atoms with Crippen LogP contribution >= 0.6 is 0 Å². The summed E-state index contributed by atoms with van der Waals surface area (Å²) in [6, 6.07) is 20.4. The molecule has 4 aromatic rings. The van der Waals surface area contributed by atoms with Gasteiger partial charge in [-0.2, -0.15) is 0 Å². The van der Waals surface area contributed by atoms with Crippen LogP contribution in [0.15, 0.2) is 77.7 Å². The van der Waals surface area contributed by atoms with Gasteiger partial charge >= 0.3 is 5.97 Å². The first-order chi connectivity index (χ1) is 17.9. The third-order valence-electron chi connectivity index (χ3n) is 6.47. The van der Waals surface area contributed by atoms with Crippen molar-refractivity contribution in [3.8, 4) is 17.1 Å². The van der Waals surface area contributed by atoms with Crippen molar-refractivity contribution in [3.05, 3.63) is 83.9 Å². The van der Waals surface area contributed by atoms with Gasteiger partial charge in [-0.15, -0.1) is 15.0 Å². The first-order valence-corrected chi connectivity index (χ1v) is 13.6. The van der Waals surface area contributed by atoms with Crippen LogP contribution in [0.4, 0.5) is 5.69 Å². The summed E-state index contributed by atoms with van der Waals surface area (Å²) in [6.07, 6.45) is 3.59. The number of benzene rings is 3. The molecule has 0 saturated heterocycles. The Morgan fingerprint density at radius 2 is 1.76 bits per heavy atom. The molecule has 1 atom stereocenters. The number of hydrogen-bond acceptors (Lipinski definition) is 7. The van der Waals surface area contributed by atoms with Crippen molar-refractivity contribution >= 4 is 21.7 Å². The molecular formula is C27H27N5O4S. The number of ether oxygens (including phenoxy) is 1. The molecule has 1 unspecified atom stereocenters. The number of anilines is 1. The van der Waals surface area contributed by atoms with E-state index in [0.29, 0.717) is 17.2 Å². The Bertz CT molecular complexity index is 1520. The molecule has 0 amide bonds. The lowest BCUT2D eigenvalue weighted by Gasteiger charge is -2.25. The molecule has 1 aliphatic rings. The summed E-state index contributed by atoms with van der Waals surface area (Å²) in [4.78, 5) is 13.8. The van der Waals surface area contributed by atoms with E-state index < -0.39 is 22.0 Å². The van der Waals surface area contributed by atoms with Crippen molar-refractivity contribution < 1.29 is 17.9 Å². The quantitative estimate of drug-likeness (QED) is 0.326. The van der Waals surface area contributed by atoms with Crippen molar-refractivity contribution in [2.75, 3.05) is 11.4 Å². The average Bonchev–Trinajstić information content (AvgIpc) is 3.58. The van der Waals surface area contributed by atoms with Gasteiger partial charge in [-0.3, -0.25) is 4.31 Å². The fourth-order valence-electron chi connectivity index (χ4n) is 4.48. The van der Waals surface area contributed by atoms with E-state index in [2.05, 4.69) is 34.5 Å². The first-order valence-electron chi connectivity index (χ1n) is 12.1. The number of fused-ring (bicyclic) bond motifs is 1. The van der Waals surface area contributed by atoms with Gasteiger partial charge in [-0.1, -0.05) is 55.8 Å². The molecular weight excluding hydrogens is 490 g/mol. The second kappa shape index (κ2) is 10.1. The number of aryl methyl sites for hydroxylation is 1. The van der Waals surface area contributed by atoms with Gasteiger partial charge in [0.1, 0.15) is 6.04 Å². The molecule has 3 aromatic carbocycles. The van der Waals surface area contributed by atoms with Gasteiger partial charge in [-0.25, -0.2) is 13.2 Å². The molecule has 10 heteroatoms. The van der Waals surface area contributed by atoms with Crippen molar-refractivity contribution in [2.45, 2.75) is 43.5 Å².